The number of aromatic nitrogens is 1. The molecule has 0 unspecified atom stereocenters. The Morgan fingerprint density at radius 2 is 2.06 bits per heavy atom. The van der Waals surface area contributed by atoms with Crippen LogP contribution in [0.3, 0.4) is 0 Å². The summed E-state index contributed by atoms with van der Waals surface area (Å²) in [6.45, 7) is 5.89. The van der Waals surface area contributed by atoms with Gasteiger partial charge in [-0.05, 0) is 50.1 Å². The van der Waals surface area contributed by atoms with Gasteiger partial charge in [0.15, 0.2) is 0 Å². The van der Waals surface area contributed by atoms with Crippen LogP contribution in [0, 0.1) is 0 Å². The minimum absolute atomic E-state index is 0.675. The fraction of sp³-hybridized carbons (Fsp3) is 0.500. The van der Waals surface area contributed by atoms with Crippen LogP contribution < -0.4 is 0 Å². The number of likely N-dealkylation sites (tertiary alicyclic amines) is 1. The number of fused-ring (bicyclic) bond motifs is 1. The van der Waals surface area contributed by atoms with Crippen LogP contribution in [0.15, 0.2) is 24.3 Å². The summed E-state index contributed by atoms with van der Waals surface area (Å²) in [6.07, 6.45) is 2.53. The summed E-state index contributed by atoms with van der Waals surface area (Å²) in [6, 6.07) is 8.63. The molecular weight excluding hydrogens is 228 g/mol. The van der Waals surface area contributed by atoms with E-state index in [1.807, 2.05) is 0 Å². The zero-order chi connectivity index (χ0) is 11.7. The number of hydrogen-bond donors (Lipinski definition) is 0. The molecule has 0 radical (unpaired) electrons. The Bertz CT molecular complexity index is 498. The molecule has 90 valence electrons. The van der Waals surface area contributed by atoms with Crippen LogP contribution in [0.2, 0.25) is 0 Å². The largest absolute Gasteiger partial charge is 0.304 e. The Morgan fingerprint density at radius 3 is 2.82 bits per heavy atom. The molecule has 1 aliphatic heterocycles. The molecule has 0 saturated carbocycles. The predicted octanol–water partition coefficient (Wildman–Crippen LogP) is 3.50. The van der Waals surface area contributed by atoms with Gasteiger partial charge in [0.05, 0.1) is 10.4 Å². The third-order valence-corrected chi connectivity index (χ3v) is 4.67. The maximum Gasteiger partial charge on any atom is 0.0652 e. The molecule has 0 spiro atoms. The molecule has 0 amide bonds. The van der Waals surface area contributed by atoms with Gasteiger partial charge in [0.25, 0.3) is 0 Å². The summed E-state index contributed by atoms with van der Waals surface area (Å²) in [5.74, 6) is 0.675. The number of piperidine rings is 1. The van der Waals surface area contributed by atoms with Crippen LogP contribution in [0.25, 0.3) is 10.1 Å². The Labute approximate surface area is 106 Å². The van der Waals surface area contributed by atoms with Crippen molar-refractivity contribution < 1.29 is 0 Å². The Kier molecular flexibility index (Phi) is 3.12. The highest BCUT2D eigenvalue weighted by atomic mass is 32.1. The van der Waals surface area contributed by atoms with Gasteiger partial charge >= 0.3 is 0 Å². The molecule has 17 heavy (non-hydrogen) atoms. The van der Waals surface area contributed by atoms with E-state index in [0.717, 1.165) is 0 Å². The molecule has 3 rings (SSSR count). The Balaban J connectivity index is 1.85. The van der Waals surface area contributed by atoms with E-state index in [9.17, 15) is 0 Å². The highest BCUT2D eigenvalue weighted by Crippen LogP contribution is 2.33. The molecule has 0 bridgehead atoms. The number of hydrogen-bond acceptors (Lipinski definition) is 3. The van der Waals surface area contributed by atoms with E-state index < -0.39 is 0 Å². The van der Waals surface area contributed by atoms with Gasteiger partial charge in [-0.2, -0.15) is 4.37 Å². The van der Waals surface area contributed by atoms with E-state index in [4.69, 9.17) is 4.37 Å². The van der Waals surface area contributed by atoms with Gasteiger partial charge in [0, 0.05) is 11.3 Å². The SMILES string of the molecule is CCN1CCC(c2nsc3ccccc23)CC1. The van der Waals surface area contributed by atoms with E-state index in [0.29, 0.717) is 5.92 Å². The maximum atomic E-state index is 4.69. The lowest BCUT2D eigenvalue weighted by Crippen LogP contribution is -2.32. The molecule has 1 aromatic carbocycles. The summed E-state index contributed by atoms with van der Waals surface area (Å²) >= 11 is 1.65. The van der Waals surface area contributed by atoms with Crippen molar-refractivity contribution >= 4 is 21.6 Å². The van der Waals surface area contributed by atoms with Gasteiger partial charge in [0.1, 0.15) is 0 Å². The van der Waals surface area contributed by atoms with E-state index in [1.165, 1.54) is 48.3 Å². The van der Waals surface area contributed by atoms with Gasteiger partial charge in [-0.15, -0.1) is 0 Å². The lowest BCUT2D eigenvalue weighted by molar-refractivity contribution is 0.222. The molecule has 1 fully saturated rings. The second-order valence-electron chi connectivity index (χ2n) is 4.77. The van der Waals surface area contributed by atoms with E-state index in [1.54, 1.807) is 11.5 Å². The molecule has 0 atom stereocenters. The highest BCUT2D eigenvalue weighted by Gasteiger charge is 2.22. The first kappa shape index (κ1) is 11.2. The minimum atomic E-state index is 0.675. The second kappa shape index (κ2) is 4.75. The summed E-state index contributed by atoms with van der Waals surface area (Å²) in [5, 5.41) is 1.38. The van der Waals surface area contributed by atoms with Crippen molar-refractivity contribution in [2.45, 2.75) is 25.7 Å². The lowest BCUT2D eigenvalue weighted by Gasteiger charge is -2.30. The average molecular weight is 246 g/mol. The van der Waals surface area contributed by atoms with Crippen LogP contribution >= 0.6 is 11.5 Å². The van der Waals surface area contributed by atoms with E-state index in [-0.39, 0.29) is 0 Å². The van der Waals surface area contributed by atoms with Gasteiger partial charge in [-0.3, -0.25) is 0 Å². The fourth-order valence-electron chi connectivity index (χ4n) is 2.72. The van der Waals surface area contributed by atoms with Crippen LogP contribution in [0.5, 0.6) is 0 Å². The summed E-state index contributed by atoms with van der Waals surface area (Å²) in [5.41, 5.74) is 1.35. The Hall–Kier alpha value is -0.930. The molecule has 3 heteroatoms. The molecule has 1 aliphatic rings. The van der Waals surface area contributed by atoms with Gasteiger partial charge in [-0.25, -0.2) is 0 Å². The van der Waals surface area contributed by atoms with E-state index in [2.05, 4.69) is 36.1 Å². The summed E-state index contributed by atoms with van der Waals surface area (Å²) in [4.78, 5) is 2.53. The van der Waals surface area contributed by atoms with Crippen molar-refractivity contribution in [1.29, 1.82) is 0 Å². The Morgan fingerprint density at radius 1 is 1.29 bits per heavy atom. The van der Waals surface area contributed by atoms with Crippen LogP contribution in [0.1, 0.15) is 31.4 Å². The molecule has 1 saturated heterocycles. The van der Waals surface area contributed by atoms with Crippen molar-refractivity contribution in [1.82, 2.24) is 9.27 Å². The second-order valence-corrected chi connectivity index (χ2v) is 5.58. The van der Waals surface area contributed by atoms with Crippen molar-refractivity contribution in [2.75, 3.05) is 19.6 Å². The zero-order valence-corrected chi connectivity index (χ0v) is 11.0. The third-order valence-electron chi connectivity index (χ3n) is 3.83. The first-order valence-corrected chi connectivity index (χ1v) is 7.22. The summed E-state index contributed by atoms with van der Waals surface area (Å²) < 4.78 is 6.03. The topological polar surface area (TPSA) is 16.1 Å². The lowest BCUT2D eigenvalue weighted by atomic mass is 9.92. The normalized spacial score (nSPS) is 18.9. The maximum absolute atomic E-state index is 4.69. The third kappa shape index (κ3) is 2.09. The van der Waals surface area contributed by atoms with Crippen molar-refractivity contribution in [3.05, 3.63) is 30.0 Å². The molecule has 1 aromatic heterocycles. The average Bonchev–Trinajstić information content (AvgIpc) is 2.83. The smallest absolute Gasteiger partial charge is 0.0652 e. The van der Waals surface area contributed by atoms with Gasteiger partial charge in [0.2, 0.25) is 0 Å². The quantitative estimate of drug-likeness (QED) is 0.806. The monoisotopic (exact) mass is 246 g/mol. The van der Waals surface area contributed by atoms with Crippen LogP contribution in [-0.2, 0) is 0 Å². The van der Waals surface area contributed by atoms with Gasteiger partial charge < -0.3 is 4.90 Å². The molecule has 0 aliphatic carbocycles. The first-order chi connectivity index (χ1) is 8.38. The summed E-state index contributed by atoms with van der Waals surface area (Å²) in [7, 11) is 0. The number of rotatable bonds is 2. The van der Waals surface area contributed by atoms with Crippen LogP contribution in [-0.4, -0.2) is 28.9 Å². The highest BCUT2D eigenvalue weighted by molar-refractivity contribution is 7.13. The standard InChI is InChI=1S/C14H18N2S/c1-2-16-9-7-11(8-10-16)14-12-5-3-4-6-13(12)17-15-14/h3-6,11H,2,7-10H2,1H3. The number of benzene rings is 1. The van der Waals surface area contributed by atoms with Crippen molar-refractivity contribution in [3.63, 3.8) is 0 Å². The molecule has 2 aromatic rings. The zero-order valence-electron chi connectivity index (χ0n) is 10.2. The van der Waals surface area contributed by atoms with Crippen molar-refractivity contribution in [2.24, 2.45) is 0 Å². The predicted molar refractivity (Wildman–Crippen MR) is 73.7 cm³/mol. The van der Waals surface area contributed by atoms with Crippen molar-refractivity contribution in [3.8, 4) is 0 Å². The number of nitrogens with zero attached hydrogens (tertiary/aromatic N) is 2. The first-order valence-electron chi connectivity index (χ1n) is 6.45. The van der Waals surface area contributed by atoms with E-state index >= 15 is 0 Å². The fourth-order valence-corrected chi connectivity index (χ4v) is 3.58. The minimum Gasteiger partial charge on any atom is -0.304 e. The molecule has 2 nitrogen and oxygen atoms in total. The molecule has 2 heterocycles. The van der Waals surface area contributed by atoms with Crippen LogP contribution in [0.4, 0.5) is 0 Å². The molecule has 0 N–H and O–H groups in total. The van der Waals surface area contributed by atoms with Gasteiger partial charge in [-0.1, -0.05) is 25.1 Å². The molecular formula is C14H18N2S.